The topological polar surface area (TPSA) is 24.1 Å². The normalized spacial score (nSPS) is 30.5. The van der Waals surface area contributed by atoms with Crippen LogP contribution in [0.2, 0.25) is 0 Å². The van der Waals surface area contributed by atoms with Gasteiger partial charge in [-0.25, -0.2) is 0 Å². The van der Waals surface area contributed by atoms with Crippen LogP contribution in [0.15, 0.2) is 0 Å². The summed E-state index contributed by atoms with van der Waals surface area (Å²) in [5.41, 5.74) is 0.501. The second kappa shape index (κ2) is 3.33. The fraction of sp³-hybridized carbons (Fsp3) is 1.00. The van der Waals surface area contributed by atoms with Gasteiger partial charge in [0.25, 0.3) is 0 Å². The summed E-state index contributed by atoms with van der Waals surface area (Å²) >= 11 is 2.08. The summed E-state index contributed by atoms with van der Waals surface area (Å²) in [7, 11) is 0. The average molecular weight is 172 g/mol. The maximum absolute atomic E-state index is 3.65. The maximum Gasteiger partial charge on any atom is 0.0432 e. The maximum atomic E-state index is 3.65. The van der Waals surface area contributed by atoms with Crippen LogP contribution in [0.25, 0.3) is 0 Å². The lowest BCUT2D eigenvalue weighted by molar-refractivity contribution is 0.201. The van der Waals surface area contributed by atoms with Gasteiger partial charge in [-0.15, -0.1) is 0 Å². The lowest BCUT2D eigenvalue weighted by Gasteiger charge is -2.44. The molecule has 0 unspecified atom stereocenters. The molecule has 0 saturated carbocycles. The van der Waals surface area contributed by atoms with Gasteiger partial charge in [-0.2, -0.15) is 11.8 Å². The minimum atomic E-state index is 0.501. The van der Waals surface area contributed by atoms with Gasteiger partial charge >= 0.3 is 0 Å². The van der Waals surface area contributed by atoms with E-state index in [-0.39, 0.29) is 0 Å². The van der Waals surface area contributed by atoms with E-state index in [2.05, 4.69) is 22.4 Å². The first-order valence-electron chi connectivity index (χ1n) is 4.45. The first-order valence-corrected chi connectivity index (χ1v) is 5.60. The zero-order valence-corrected chi connectivity index (χ0v) is 7.67. The van der Waals surface area contributed by atoms with Gasteiger partial charge in [-0.1, -0.05) is 0 Å². The number of hydrogen-bond donors (Lipinski definition) is 2. The molecule has 2 fully saturated rings. The highest BCUT2D eigenvalue weighted by Gasteiger charge is 2.35. The third-order valence-electron chi connectivity index (χ3n) is 2.62. The van der Waals surface area contributed by atoms with Gasteiger partial charge in [0.15, 0.2) is 0 Å². The SMILES string of the molecule is C1CSCCNC2(C1)CNC2. The van der Waals surface area contributed by atoms with Crippen LogP contribution >= 0.6 is 11.8 Å². The molecule has 3 heteroatoms. The fourth-order valence-electron chi connectivity index (χ4n) is 1.82. The van der Waals surface area contributed by atoms with E-state index in [9.17, 15) is 0 Å². The third-order valence-corrected chi connectivity index (χ3v) is 3.69. The van der Waals surface area contributed by atoms with Gasteiger partial charge in [0.1, 0.15) is 0 Å². The second-order valence-electron chi connectivity index (χ2n) is 3.53. The summed E-state index contributed by atoms with van der Waals surface area (Å²) in [6.07, 6.45) is 2.76. The molecule has 0 aromatic carbocycles. The van der Waals surface area contributed by atoms with Crippen LogP contribution in [0.4, 0.5) is 0 Å². The lowest BCUT2D eigenvalue weighted by atomic mass is 9.87. The van der Waals surface area contributed by atoms with Crippen molar-refractivity contribution in [3.8, 4) is 0 Å². The molecule has 64 valence electrons. The van der Waals surface area contributed by atoms with Crippen molar-refractivity contribution in [2.24, 2.45) is 0 Å². The van der Waals surface area contributed by atoms with Crippen LogP contribution in [0.5, 0.6) is 0 Å². The number of thioether (sulfide) groups is 1. The summed E-state index contributed by atoms with van der Waals surface area (Å²) in [6.45, 7) is 3.59. The predicted molar refractivity (Wildman–Crippen MR) is 50.2 cm³/mol. The molecule has 2 aliphatic rings. The van der Waals surface area contributed by atoms with E-state index in [0.29, 0.717) is 5.54 Å². The van der Waals surface area contributed by atoms with Gasteiger partial charge in [0.2, 0.25) is 0 Å². The Morgan fingerprint density at radius 3 is 2.82 bits per heavy atom. The predicted octanol–water partition coefficient (Wildman–Crippen LogP) is 0.445. The van der Waals surface area contributed by atoms with Gasteiger partial charge in [0, 0.05) is 30.9 Å². The Morgan fingerprint density at radius 1 is 1.18 bits per heavy atom. The smallest absolute Gasteiger partial charge is 0.0432 e. The standard InChI is InChI=1S/C8H16N2S/c1-2-8(6-9-7-8)10-3-5-11-4-1/h9-10H,1-7H2. The number of rotatable bonds is 0. The molecule has 2 nitrogen and oxygen atoms in total. The summed E-state index contributed by atoms with van der Waals surface area (Å²) in [6, 6.07) is 0. The molecule has 2 aliphatic heterocycles. The first-order chi connectivity index (χ1) is 5.41. The van der Waals surface area contributed by atoms with Gasteiger partial charge < -0.3 is 10.6 Å². The largest absolute Gasteiger partial charge is 0.313 e. The third kappa shape index (κ3) is 1.71. The molecular formula is C8H16N2S. The number of nitrogens with one attached hydrogen (secondary N) is 2. The Balaban J connectivity index is 1.86. The fourth-order valence-corrected chi connectivity index (χ4v) is 2.62. The monoisotopic (exact) mass is 172 g/mol. The van der Waals surface area contributed by atoms with Crippen molar-refractivity contribution in [2.45, 2.75) is 18.4 Å². The van der Waals surface area contributed by atoms with Crippen LogP contribution in [-0.2, 0) is 0 Å². The van der Waals surface area contributed by atoms with Crippen molar-refractivity contribution < 1.29 is 0 Å². The van der Waals surface area contributed by atoms with Crippen molar-refractivity contribution in [1.29, 1.82) is 0 Å². The van der Waals surface area contributed by atoms with Crippen molar-refractivity contribution in [2.75, 3.05) is 31.1 Å². The summed E-state index contributed by atoms with van der Waals surface area (Å²) < 4.78 is 0. The van der Waals surface area contributed by atoms with Crippen LogP contribution in [0.1, 0.15) is 12.8 Å². The molecule has 2 rings (SSSR count). The zero-order chi connectivity index (χ0) is 7.57. The molecule has 0 aliphatic carbocycles. The first kappa shape index (κ1) is 7.90. The second-order valence-corrected chi connectivity index (χ2v) is 4.75. The molecule has 1 spiro atoms. The van der Waals surface area contributed by atoms with Gasteiger partial charge in [0.05, 0.1) is 0 Å². The van der Waals surface area contributed by atoms with Gasteiger partial charge in [-0.3, -0.25) is 0 Å². The van der Waals surface area contributed by atoms with E-state index in [1.165, 1.54) is 44.0 Å². The van der Waals surface area contributed by atoms with Crippen LogP contribution in [0.3, 0.4) is 0 Å². The Bertz CT molecular complexity index is 124. The molecule has 2 heterocycles. The van der Waals surface area contributed by atoms with Crippen molar-refractivity contribution >= 4 is 11.8 Å². The number of hydrogen-bond acceptors (Lipinski definition) is 3. The molecule has 2 saturated heterocycles. The van der Waals surface area contributed by atoms with E-state index in [0.717, 1.165) is 0 Å². The van der Waals surface area contributed by atoms with E-state index >= 15 is 0 Å². The quantitative estimate of drug-likeness (QED) is 0.554. The van der Waals surface area contributed by atoms with Crippen molar-refractivity contribution in [3.05, 3.63) is 0 Å². The molecular weight excluding hydrogens is 156 g/mol. The molecule has 2 N–H and O–H groups in total. The Labute approximate surface area is 72.5 Å². The zero-order valence-electron chi connectivity index (χ0n) is 6.86. The Hall–Kier alpha value is 0.270. The van der Waals surface area contributed by atoms with Crippen LogP contribution < -0.4 is 10.6 Å². The minimum Gasteiger partial charge on any atom is -0.313 e. The highest BCUT2D eigenvalue weighted by atomic mass is 32.2. The minimum absolute atomic E-state index is 0.501. The Morgan fingerprint density at radius 2 is 2.09 bits per heavy atom. The highest BCUT2D eigenvalue weighted by molar-refractivity contribution is 7.99. The summed E-state index contributed by atoms with van der Waals surface area (Å²) in [5.74, 6) is 2.66. The molecule has 0 aromatic heterocycles. The molecule has 0 atom stereocenters. The summed E-state index contributed by atoms with van der Waals surface area (Å²) in [5, 5.41) is 7.00. The van der Waals surface area contributed by atoms with Crippen molar-refractivity contribution in [3.63, 3.8) is 0 Å². The van der Waals surface area contributed by atoms with E-state index < -0.39 is 0 Å². The van der Waals surface area contributed by atoms with E-state index in [1.54, 1.807) is 0 Å². The highest BCUT2D eigenvalue weighted by Crippen LogP contribution is 2.21. The van der Waals surface area contributed by atoms with Crippen LogP contribution in [0, 0.1) is 0 Å². The van der Waals surface area contributed by atoms with Crippen molar-refractivity contribution in [1.82, 2.24) is 10.6 Å². The molecule has 11 heavy (non-hydrogen) atoms. The average Bonchev–Trinajstić information content (AvgIpc) is 1.82. The van der Waals surface area contributed by atoms with Gasteiger partial charge in [-0.05, 0) is 18.6 Å². The van der Waals surface area contributed by atoms with E-state index in [4.69, 9.17) is 0 Å². The molecule has 0 aromatic rings. The Kier molecular flexibility index (Phi) is 2.39. The summed E-state index contributed by atoms with van der Waals surface area (Å²) in [4.78, 5) is 0. The molecule has 0 radical (unpaired) electrons. The molecule has 0 amide bonds. The molecule has 0 bridgehead atoms. The van der Waals surface area contributed by atoms with Crippen LogP contribution in [-0.4, -0.2) is 36.7 Å². The lowest BCUT2D eigenvalue weighted by Crippen LogP contribution is -2.68. The van der Waals surface area contributed by atoms with E-state index in [1.807, 2.05) is 0 Å².